The van der Waals surface area contributed by atoms with Gasteiger partial charge in [0.1, 0.15) is 0 Å². The van der Waals surface area contributed by atoms with Crippen molar-refractivity contribution >= 4 is 49.1 Å². The Morgan fingerprint density at radius 2 is 1.69 bits per heavy atom. The van der Waals surface area contributed by atoms with Gasteiger partial charge in [-0.05, 0) is 49.4 Å². The minimum absolute atomic E-state index is 0.0715. The number of thiazole rings is 1. The molecule has 1 N–H and O–H groups in total. The number of aryl methyl sites for hydroxylation is 1. The summed E-state index contributed by atoms with van der Waals surface area (Å²) < 4.78 is 40.3. The number of anilines is 1. The van der Waals surface area contributed by atoms with Crippen molar-refractivity contribution in [3.05, 3.63) is 52.8 Å². The van der Waals surface area contributed by atoms with Crippen molar-refractivity contribution in [2.24, 2.45) is 4.99 Å². The smallest absolute Gasteiger partial charge is 0.279 e. The van der Waals surface area contributed by atoms with Crippen LogP contribution in [0.25, 0.3) is 10.2 Å². The van der Waals surface area contributed by atoms with Gasteiger partial charge in [0.25, 0.3) is 5.91 Å². The maximum absolute atomic E-state index is 13.1. The summed E-state index contributed by atoms with van der Waals surface area (Å²) in [7, 11) is -0.777. The third kappa shape index (κ3) is 6.45. The van der Waals surface area contributed by atoms with E-state index in [2.05, 4.69) is 10.3 Å². The maximum atomic E-state index is 13.1. The van der Waals surface area contributed by atoms with E-state index in [9.17, 15) is 18.0 Å². The fraction of sp³-hybridized carbons (Fsp3) is 0.375. The van der Waals surface area contributed by atoms with Gasteiger partial charge < -0.3 is 19.4 Å². The molecule has 194 valence electrons. The first-order chi connectivity index (χ1) is 17.2. The Balaban J connectivity index is 1.90. The molecule has 0 atom stereocenters. The van der Waals surface area contributed by atoms with Crippen LogP contribution in [-0.4, -0.2) is 69.6 Å². The quantitative estimate of drug-likeness (QED) is 0.404. The molecule has 1 heterocycles. The van der Waals surface area contributed by atoms with Gasteiger partial charge in [-0.15, -0.1) is 0 Å². The zero-order valence-corrected chi connectivity index (χ0v) is 22.3. The lowest BCUT2D eigenvalue weighted by molar-refractivity contribution is -0.114. The van der Waals surface area contributed by atoms with Crippen LogP contribution in [-0.2, 0) is 30.8 Å². The van der Waals surface area contributed by atoms with E-state index in [0.29, 0.717) is 17.0 Å². The lowest BCUT2D eigenvalue weighted by Crippen LogP contribution is -2.36. The molecule has 0 spiro atoms. The van der Waals surface area contributed by atoms with E-state index in [4.69, 9.17) is 9.47 Å². The number of hydrogen-bond donors (Lipinski definition) is 1. The van der Waals surface area contributed by atoms with Crippen molar-refractivity contribution in [1.82, 2.24) is 8.87 Å². The highest BCUT2D eigenvalue weighted by Gasteiger charge is 2.24. The van der Waals surface area contributed by atoms with Crippen molar-refractivity contribution in [3.8, 4) is 0 Å². The molecule has 0 saturated carbocycles. The summed E-state index contributed by atoms with van der Waals surface area (Å²) in [6, 6.07) is 11.3. The van der Waals surface area contributed by atoms with Gasteiger partial charge in [-0.25, -0.2) is 8.42 Å². The van der Waals surface area contributed by atoms with Gasteiger partial charge in [0, 0.05) is 52.0 Å². The molecule has 0 aliphatic carbocycles. The summed E-state index contributed by atoms with van der Waals surface area (Å²) in [5, 5.41) is 2.75. The molecule has 0 aliphatic rings. The maximum Gasteiger partial charge on any atom is 0.279 e. The number of nitrogens with one attached hydrogen (secondary N) is 1. The van der Waals surface area contributed by atoms with E-state index in [1.54, 1.807) is 6.07 Å². The van der Waals surface area contributed by atoms with Crippen molar-refractivity contribution in [2.75, 3.05) is 45.8 Å². The highest BCUT2D eigenvalue weighted by molar-refractivity contribution is 7.89. The highest BCUT2D eigenvalue weighted by Crippen LogP contribution is 2.22. The fourth-order valence-corrected chi connectivity index (χ4v) is 6.09. The molecule has 10 nitrogen and oxygen atoms in total. The molecule has 0 bridgehead atoms. The summed E-state index contributed by atoms with van der Waals surface area (Å²) in [6.07, 6.45) is 0. The second-order valence-electron chi connectivity index (χ2n) is 7.82. The molecule has 12 heteroatoms. The molecule has 0 radical (unpaired) electrons. The van der Waals surface area contributed by atoms with Crippen molar-refractivity contribution < 1.29 is 27.5 Å². The van der Waals surface area contributed by atoms with Gasteiger partial charge in [-0.1, -0.05) is 11.3 Å². The summed E-state index contributed by atoms with van der Waals surface area (Å²) in [6.45, 7) is 4.86. The molecule has 1 aromatic heterocycles. The Morgan fingerprint density at radius 3 is 2.25 bits per heavy atom. The second kappa shape index (κ2) is 12.4. The summed E-state index contributed by atoms with van der Waals surface area (Å²) in [5.41, 5.74) is 1.84. The molecular weight excluding hydrogens is 504 g/mol. The average Bonchev–Trinajstić information content (AvgIpc) is 3.19. The molecule has 0 unspecified atom stereocenters. The van der Waals surface area contributed by atoms with Crippen molar-refractivity contribution in [2.45, 2.75) is 25.3 Å². The molecule has 0 saturated heterocycles. The van der Waals surface area contributed by atoms with Crippen LogP contribution < -0.4 is 10.1 Å². The Labute approximate surface area is 214 Å². The summed E-state index contributed by atoms with van der Waals surface area (Å²) in [4.78, 5) is 29.2. The SMILES string of the molecule is CCn1c(=NC(=O)c2ccc(S(=O)(=O)N(CCOC)CCOC)cc2)sc2cc(NC(C)=O)ccc21. The predicted molar refractivity (Wildman–Crippen MR) is 139 cm³/mol. The number of fused-ring (bicyclic) bond motifs is 1. The van der Waals surface area contributed by atoms with Crippen LogP contribution >= 0.6 is 11.3 Å². The molecule has 3 rings (SSSR count). The topological polar surface area (TPSA) is 119 Å². The van der Waals surface area contributed by atoms with Crippen LogP contribution in [0.3, 0.4) is 0 Å². The van der Waals surface area contributed by atoms with Gasteiger partial charge in [0.2, 0.25) is 15.9 Å². The van der Waals surface area contributed by atoms with Gasteiger partial charge in [0.05, 0.1) is 28.3 Å². The van der Waals surface area contributed by atoms with Crippen molar-refractivity contribution in [1.29, 1.82) is 0 Å². The Morgan fingerprint density at radius 1 is 1.06 bits per heavy atom. The molecular formula is C24H30N4O6S2. The molecule has 36 heavy (non-hydrogen) atoms. The van der Waals surface area contributed by atoms with E-state index < -0.39 is 15.9 Å². The van der Waals surface area contributed by atoms with E-state index in [0.717, 1.165) is 10.2 Å². The van der Waals surface area contributed by atoms with Gasteiger partial charge in [0.15, 0.2) is 4.80 Å². The minimum Gasteiger partial charge on any atom is -0.383 e. The lowest BCUT2D eigenvalue weighted by atomic mass is 10.2. The number of aromatic nitrogens is 1. The number of amides is 2. The standard InChI is InChI=1S/C24H30N4O6S2/c1-5-28-21-11-8-19(25-17(2)29)16-22(21)35-24(28)26-23(30)18-6-9-20(10-7-18)36(31,32)27(12-14-33-3)13-15-34-4/h6-11,16H,5,12-15H2,1-4H3,(H,25,29). The Kier molecular flexibility index (Phi) is 9.51. The lowest BCUT2D eigenvalue weighted by Gasteiger charge is -2.21. The normalized spacial score (nSPS) is 12.4. The number of sulfonamides is 1. The third-order valence-electron chi connectivity index (χ3n) is 5.35. The third-order valence-corrected chi connectivity index (χ3v) is 8.30. The molecule has 3 aromatic rings. The zero-order valence-electron chi connectivity index (χ0n) is 20.7. The van der Waals surface area contributed by atoms with Gasteiger partial charge in [-0.3, -0.25) is 9.59 Å². The number of benzene rings is 2. The summed E-state index contributed by atoms with van der Waals surface area (Å²) >= 11 is 1.34. The number of methoxy groups -OCH3 is 2. The van der Waals surface area contributed by atoms with E-state index >= 15 is 0 Å². The van der Waals surface area contributed by atoms with Crippen LogP contribution in [0.2, 0.25) is 0 Å². The fourth-order valence-electron chi connectivity index (χ4n) is 3.55. The second-order valence-corrected chi connectivity index (χ2v) is 10.8. The van der Waals surface area contributed by atoms with Crippen LogP contribution in [0.4, 0.5) is 5.69 Å². The number of carbonyl (C=O) groups excluding carboxylic acids is 2. The van der Waals surface area contributed by atoms with Crippen molar-refractivity contribution in [3.63, 3.8) is 0 Å². The Bertz CT molecular complexity index is 1390. The first kappa shape index (κ1) is 27.7. The largest absolute Gasteiger partial charge is 0.383 e. The first-order valence-corrected chi connectivity index (χ1v) is 13.5. The average molecular weight is 535 g/mol. The van der Waals surface area contributed by atoms with Crippen LogP contribution in [0.1, 0.15) is 24.2 Å². The van der Waals surface area contributed by atoms with Gasteiger partial charge in [-0.2, -0.15) is 9.30 Å². The molecule has 2 aromatic carbocycles. The zero-order chi connectivity index (χ0) is 26.3. The van der Waals surface area contributed by atoms with E-state index in [-0.39, 0.29) is 42.7 Å². The monoisotopic (exact) mass is 534 g/mol. The minimum atomic E-state index is -3.79. The van der Waals surface area contributed by atoms with E-state index in [1.165, 1.54) is 61.1 Å². The molecule has 2 amide bonds. The highest BCUT2D eigenvalue weighted by atomic mass is 32.2. The molecule has 0 aliphatic heterocycles. The number of carbonyl (C=O) groups is 2. The number of hydrogen-bond acceptors (Lipinski definition) is 7. The first-order valence-electron chi connectivity index (χ1n) is 11.3. The number of ether oxygens (including phenoxy) is 2. The number of rotatable bonds is 11. The van der Waals surface area contributed by atoms with E-state index in [1.807, 2.05) is 23.6 Å². The Hall–Kier alpha value is -2.90. The van der Waals surface area contributed by atoms with Crippen LogP contribution in [0, 0.1) is 0 Å². The van der Waals surface area contributed by atoms with Crippen LogP contribution in [0.15, 0.2) is 52.4 Å². The number of nitrogens with zero attached hydrogens (tertiary/aromatic N) is 3. The van der Waals surface area contributed by atoms with Gasteiger partial charge >= 0.3 is 0 Å². The predicted octanol–water partition coefficient (Wildman–Crippen LogP) is 2.71. The molecule has 0 fully saturated rings. The van der Waals surface area contributed by atoms with Crippen LogP contribution in [0.5, 0.6) is 0 Å². The summed E-state index contributed by atoms with van der Waals surface area (Å²) in [5.74, 6) is -0.647.